The van der Waals surface area contributed by atoms with Crippen LogP contribution in [-0.2, 0) is 11.8 Å². The van der Waals surface area contributed by atoms with Gasteiger partial charge in [-0.05, 0) is 74.8 Å². The Labute approximate surface area is 215 Å². The first-order chi connectivity index (χ1) is 16.9. The lowest BCUT2D eigenvalue weighted by Gasteiger charge is -2.64. The molecular weight excluding hydrogens is 480 g/mol. The molecule has 3 fully saturated rings. The molecule has 0 radical (unpaired) electrons. The lowest BCUT2D eigenvalue weighted by Crippen LogP contribution is -2.78. The van der Waals surface area contributed by atoms with Crippen molar-refractivity contribution >= 4 is 24.2 Å². The predicted molar refractivity (Wildman–Crippen MR) is 133 cm³/mol. The lowest BCUT2D eigenvalue weighted by molar-refractivity contribution is -0.196. The summed E-state index contributed by atoms with van der Waals surface area (Å²) >= 11 is 0. The van der Waals surface area contributed by atoms with E-state index in [0.717, 1.165) is 36.6 Å². The van der Waals surface area contributed by atoms with E-state index in [0.29, 0.717) is 36.1 Å². The monoisotopic (exact) mass is 508 g/mol. The van der Waals surface area contributed by atoms with Gasteiger partial charge in [0, 0.05) is 18.2 Å². The highest BCUT2D eigenvalue weighted by Crippen LogP contribution is 2.66. The molecule has 7 nitrogen and oxygen atoms in total. The molecule has 2 aromatic carbocycles. The first-order valence-electron chi connectivity index (χ1n) is 12.9. The van der Waals surface area contributed by atoms with Gasteiger partial charge in [-0.3, -0.25) is 19.4 Å². The van der Waals surface area contributed by atoms with E-state index in [9.17, 15) is 19.8 Å². The van der Waals surface area contributed by atoms with Gasteiger partial charge >= 0.3 is 0 Å². The highest BCUT2D eigenvalue weighted by molar-refractivity contribution is 6.21. The number of nitrogens with zero attached hydrogens (tertiary/aromatic N) is 2. The maximum Gasteiger partial charge on any atom is 0.261 e. The fraction of sp³-hybridized carbons (Fsp3) is 0.500. The van der Waals surface area contributed by atoms with Crippen molar-refractivity contribution in [3.8, 4) is 11.5 Å². The molecule has 2 bridgehead atoms. The smallest absolute Gasteiger partial charge is 0.261 e. The minimum Gasteiger partial charge on any atom is -0.504 e. The van der Waals surface area contributed by atoms with E-state index in [1.807, 2.05) is 6.07 Å². The molecule has 3 aliphatic heterocycles. The number of phenols is 1. The highest BCUT2D eigenvalue weighted by atomic mass is 35.5. The third-order valence-corrected chi connectivity index (χ3v) is 9.89. The zero-order valence-electron chi connectivity index (χ0n) is 19.9. The van der Waals surface area contributed by atoms with Crippen molar-refractivity contribution in [1.29, 1.82) is 0 Å². The summed E-state index contributed by atoms with van der Waals surface area (Å²) < 4.78 is 6.55. The quantitative estimate of drug-likeness (QED) is 0.619. The van der Waals surface area contributed by atoms with E-state index in [1.54, 1.807) is 30.3 Å². The Balaban J connectivity index is 0.00000220. The van der Waals surface area contributed by atoms with Crippen LogP contribution in [0.3, 0.4) is 0 Å². The van der Waals surface area contributed by atoms with Crippen molar-refractivity contribution in [2.45, 2.75) is 67.7 Å². The molecule has 5 atom stereocenters. The molecule has 1 spiro atoms. The summed E-state index contributed by atoms with van der Waals surface area (Å²) in [5.41, 5.74) is 1.09. The van der Waals surface area contributed by atoms with Crippen LogP contribution in [0.1, 0.15) is 63.9 Å². The second-order valence-corrected chi connectivity index (χ2v) is 11.4. The summed E-state index contributed by atoms with van der Waals surface area (Å²) in [5.74, 6) is 0.632. The first kappa shape index (κ1) is 22.6. The molecule has 3 heterocycles. The zero-order valence-corrected chi connectivity index (χ0v) is 20.7. The van der Waals surface area contributed by atoms with Crippen LogP contribution < -0.4 is 4.74 Å². The number of imide groups is 1. The van der Waals surface area contributed by atoms with Gasteiger partial charge in [0.25, 0.3) is 11.8 Å². The second kappa shape index (κ2) is 7.24. The number of halogens is 1. The van der Waals surface area contributed by atoms with E-state index in [2.05, 4.69) is 4.90 Å². The van der Waals surface area contributed by atoms with Gasteiger partial charge in [-0.15, -0.1) is 12.4 Å². The molecule has 8 heteroatoms. The number of ether oxygens (including phenoxy) is 1. The summed E-state index contributed by atoms with van der Waals surface area (Å²) in [6.07, 6.45) is 4.31. The largest absolute Gasteiger partial charge is 0.504 e. The van der Waals surface area contributed by atoms with Crippen LogP contribution >= 0.6 is 12.4 Å². The van der Waals surface area contributed by atoms with E-state index >= 15 is 0 Å². The number of hydrogen-bond donors (Lipinski definition) is 2. The summed E-state index contributed by atoms with van der Waals surface area (Å²) in [6.45, 7) is 1.85. The van der Waals surface area contributed by atoms with Gasteiger partial charge in [-0.25, -0.2) is 0 Å². The number of rotatable bonds is 3. The molecule has 1 saturated heterocycles. The fourth-order valence-corrected chi connectivity index (χ4v) is 8.23. The Morgan fingerprint density at radius 1 is 1.00 bits per heavy atom. The predicted octanol–water partition coefficient (Wildman–Crippen LogP) is 3.04. The molecule has 2 aromatic rings. The van der Waals surface area contributed by atoms with Gasteiger partial charge in [0.15, 0.2) is 11.5 Å². The summed E-state index contributed by atoms with van der Waals surface area (Å²) in [7, 11) is 0. The number of aromatic hydroxyl groups is 1. The van der Waals surface area contributed by atoms with Crippen LogP contribution in [0.2, 0.25) is 0 Å². The van der Waals surface area contributed by atoms with Crippen molar-refractivity contribution in [3.05, 3.63) is 58.7 Å². The van der Waals surface area contributed by atoms with E-state index in [4.69, 9.17) is 4.74 Å². The number of phenolic OH excluding ortho intramolecular Hbond substituents is 1. The maximum atomic E-state index is 13.5. The molecule has 3 aliphatic carbocycles. The third-order valence-electron chi connectivity index (χ3n) is 9.89. The van der Waals surface area contributed by atoms with Crippen molar-refractivity contribution in [2.75, 3.05) is 13.1 Å². The van der Waals surface area contributed by atoms with Crippen molar-refractivity contribution in [3.63, 3.8) is 0 Å². The average Bonchev–Trinajstić information content (AvgIpc) is 3.54. The van der Waals surface area contributed by atoms with Crippen molar-refractivity contribution in [2.24, 2.45) is 5.92 Å². The van der Waals surface area contributed by atoms with Crippen molar-refractivity contribution < 1.29 is 24.5 Å². The zero-order chi connectivity index (χ0) is 23.7. The van der Waals surface area contributed by atoms with E-state index in [1.165, 1.54) is 17.7 Å². The highest BCUT2D eigenvalue weighted by Gasteiger charge is 2.74. The van der Waals surface area contributed by atoms with Gasteiger partial charge in [0.05, 0.1) is 28.2 Å². The Morgan fingerprint density at radius 2 is 1.72 bits per heavy atom. The van der Waals surface area contributed by atoms with Gasteiger partial charge in [-0.1, -0.05) is 18.2 Å². The molecule has 1 unspecified atom stereocenters. The van der Waals surface area contributed by atoms with Gasteiger partial charge < -0.3 is 14.9 Å². The Kier molecular flexibility index (Phi) is 4.54. The lowest BCUT2D eigenvalue weighted by atomic mass is 9.48. The van der Waals surface area contributed by atoms with Crippen LogP contribution in [0, 0.1) is 5.92 Å². The molecule has 188 valence electrons. The fourth-order valence-electron chi connectivity index (χ4n) is 8.23. The topological polar surface area (TPSA) is 90.3 Å². The minimum absolute atomic E-state index is 0. The summed E-state index contributed by atoms with van der Waals surface area (Å²) in [4.78, 5) is 30.8. The maximum absolute atomic E-state index is 13.5. The van der Waals surface area contributed by atoms with Crippen LogP contribution in [0.25, 0.3) is 0 Å². The number of carbonyl (C=O) groups excluding carboxylic acids is 2. The third kappa shape index (κ3) is 2.51. The molecule has 0 aromatic heterocycles. The Bertz CT molecular complexity index is 1290. The first-order valence-corrected chi connectivity index (χ1v) is 12.9. The number of benzene rings is 2. The molecule has 36 heavy (non-hydrogen) atoms. The van der Waals surface area contributed by atoms with E-state index < -0.39 is 23.2 Å². The molecule has 8 rings (SSSR count). The summed E-state index contributed by atoms with van der Waals surface area (Å²) in [5, 5.41) is 23.4. The van der Waals surface area contributed by atoms with Gasteiger partial charge in [-0.2, -0.15) is 0 Å². The molecule has 2 amide bonds. The number of hydrogen-bond acceptors (Lipinski definition) is 6. The van der Waals surface area contributed by atoms with Crippen LogP contribution in [-0.4, -0.2) is 68.7 Å². The van der Waals surface area contributed by atoms with Gasteiger partial charge in [0.2, 0.25) is 0 Å². The number of aliphatic hydroxyl groups is 1. The Hall–Kier alpha value is -2.61. The molecule has 6 aliphatic rings. The normalized spacial score (nSPS) is 35.7. The molecule has 2 saturated carbocycles. The minimum atomic E-state index is -1.04. The number of fused-ring (bicyclic) bond motifs is 1. The number of carbonyl (C=O) groups is 2. The average molecular weight is 509 g/mol. The standard InChI is InChI=1S/C28H28N2O5.ClH/c31-20-8-7-16-13-21-28(34)10-9-19(30-25(32)17-3-1-2-4-18(17)26(30)33)24-27(28,22(16)23(20)35-24)11-12-29(21)14-15-5-6-15;/h1-4,7-8,15,19,21,24,31,34H,5-6,9-14H2;1H/t19-,21-,24+,27+,28?;/m1./s1. The Morgan fingerprint density at radius 3 is 2.42 bits per heavy atom. The molecule has 2 N–H and O–H groups in total. The number of piperidine rings is 1. The van der Waals surface area contributed by atoms with Crippen LogP contribution in [0.4, 0.5) is 0 Å². The second-order valence-electron chi connectivity index (χ2n) is 11.4. The SMILES string of the molecule is Cl.O=C1c2ccccc2C(=O)N1[C@@H]1CCC2(O)[C@H]3Cc4ccc(O)c5c4[C@@]2(CCN3CC2CC2)[C@H]1O5. The van der Waals surface area contributed by atoms with Crippen LogP contribution in [0.5, 0.6) is 11.5 Å². The van der Waals surface area contributed by atoms with Crippen molar-refractivity contribution in [1.82, 2.24) is 9.80 Å². The number of amides is 2. The van der Waals surface area contributed by atoms with Crippen LogP contribution in [0.15, 0.2) is 36.4 Å². The summed E-state index contributed by atoms with van der Waals surface area (Å²) in [6, 6.07) is 10.1. The molecular formula is C28H29ClN2O5. The van der Waals surface area contributed by atoms with Gasteiger partial charge in [0.1, 0.15) is 6.10 Å². The number of likely N-dealkylation sites (tertiary alicyclic amines) is 1. The van der Waals surface area contributed by atoms with E-state index in [-0.39, 0.29) is 36.0 Å².